The van der Waals surface area contributed by atoms with Gasteiger partial charge in [-0.15, -0.1) is 0 Å². The molecule has 19 heavy (non-hydrogen) atoms. The minimum atomic E-state index is -0.00366. The maximum absolute atomic E-state index is 11.0. The molecule has 0 aromatic heterocycles. The van der Waals surface area contributed by atoms with Crippen LogP contribution in [0.3, 0.4) is 0 Å². The van der Waals surface area contributed by atoms with Crippen LogP contribution in [-0.2, 0) is 10.2 Å². The topological polar surface area (TPSA) is 29.1 Å². The highest BCUT2D eigenvalue weighted by Gasteiger charge is 2.22. The third-order valence-corrected chi connectivity index (χ3v) is 3.46. The Morgan fingerprint density at radius 1 is 1.11 bits per heavy atom. The highest BCUT2D eigenvalue weighted by Crippen LogP contribution is 2.29. The Labute approximate surface area is 114 Å². The van der Waals surface area contributed by atoms with Crippen LogP contribution in [0.1, 0.15) is 26.3 Å². The second-order valence-electron chi connectivity index (χ2n) is 5.72. The van der Waals surface area contributed by atoms with Gasteiger partial charge >= 0.3 is 0 Å². The van der Waals surface area contributed by atoms with E-state index in [0.717, 1.165) is 6.54 Å². The number of carbonyl (C=O) groups excluding carboxylic acids is 1. The number of rotatable bonds is 5. The first-order valence-electron chi connectivity index (χ1n) is 6.69. The lowest BCUT2D eigenvalue weighted by atomic mass is 9.81. The van der Waals surface area contributed by atoms with Crippen LogP contribution in [-0.4, -0.2) is 18.9 Å². The fraction of sp³-hybridized carbons (Fsp3) is 0.353. The Morgan fingerprint density at radius 3 is 2.53 bits per heavy atom. The molecule has 2 aromatic rings. The zero-order valence-electron chi connectivity index (χ0n) is 11.9. The van der Waals surface area contributed by atoms with E-state index >= 15 is 0 Å². The van der Waals surface area contributed by atoms with Gasteiger partial charge in [0.25, 0.3) is 0 Å². The van der Waals surface area contributed by atoms with E-state index in [1.165, 1.54) is 16.3 Å². The summed E-state index contributed by atoms with van der Waals surface area (Å²) >= 11 is 0. The SMILES string of the molecule is CC(=O)CNCC(C)(C)c1cccc2ccccc12. The average Bonchev–Trinajstić information content (AvgIpc) is 2.37. The average molecular weight is 255 g/mol. The maximum Gasteiger partial charge on any atom is 0.143 e. The smallest absolute Gasteiger partial charge is 0.143 e. The summed E-state index contributed by atoms with van der Waals surface area (Å²) < 4.78 is 0. The van der Waals surface area contributed by atoms with Crippen molar-refractivity contribution in [2.24, 2.45) is 0 Å². The summed E-state index contributed by atoms with van der Waals surface area (Å²) in [7, 11) is 0. The van der Waals surface area contributed by atoms with Crippen LogP contribution in [0.25, 0.3) is 10.8 Å². The number of carbonyl (C=O) groups is 1. The van der Waals surface area contributed by atoms with Crippen LogP contribution in [0.4, 0.5) is 0 Å². The van der Waals surface area contributed by atoms with Gasteiger partial charge in [0, 0.05) is 12.0 Å². The predicted octanol–water partition coefficient (Wildman–Crippen LogP) is 3.30. The van der Waals surface area contributed by atoms with Crippen molar-refractivity contribution in [3.05, 3.63) is 48.0 Å². The van der Waals surface area contributed by atoms with Crippen LogP contribution >= 0.6 is 0 Å². The van der Waals surface area contributed by atoms with E-state index in [1.807, 2.05) is 0 Å². The minimum absolute atomic E-state index is 0.00366. The van der Waals surface area contributed by atoms with Crippen molar-refractivity contribution < 1.29 is 4.79 Å². The summed E-state index contributed by atoms with van der Waals surface area (Å²) in [6.45, 7) is 7.26. The zero-order valence-corrected chi connectivity index (χ0v) is 11.9. The largest absolute Gasteiger partial charge is 0.309 e. The Morgan fingerprint density at radius 2 is 1.79 bits per heavy atom. The molecule has 0 spiro atoms. The molecule has 1 N–H and O–H groups in total. The Balaban J connectivity index is 2.29. The number of nitrogens with one attached hydrogen (secondary N) is 1. The highest BCUT2D eigenvalue weighted by molar-refractivity contribution is 5.86. The summed E-state index contributed by atoms with van der Waals surface area (Å²) in [6.07, 6.45) is 0. The third kappa shape index (κ3) is 3.21. The van der Waals surface area contributed by atoms with E-state index < -0.39 is 0 Å². The summed E-state index contributed by atoms with van der Waals surface area (Å²) in [5, 5.41) is 5.79. The van der Waals surface area contributed by atoms with Crippen LogP contribution in [0.15, 0.2) is 42.5 Å². The van der Waals surface area contributed by atoms with Gasteiger partial charge < -0.3 is 5.32 Å². The molecule has 0 unspecified atom stereocenters. The highest BCUT2D eigenvalue weighted by atomic mass is 16.1. The fourth-order valence-electron chi connectivity index (χ4n) is 2.46. The standard InChI is InChI=1S/C17H21NO/c1-13(19)11-18-12-17(2,3)16-10-6-8-14-7-4-5-9-15(14)16/h4-10,18H,11-12H2,1-3H3. The van der Waals surface area contributed by atoms with Gasteiger partial charge in [-0.25, -0.2) is 0 Å². The molecule has 2 rings (SSSR count). The lowest BCUT2D eigenvalue weighted by Crippen LogP contribution is -2.35. The van der Waals surface area contributed by atoms with Gasteiger partial charge in [0.1, 0.15) is 5.78 Å². The Hall–Kier alpha value is -1.67. The number of hydrogen-bond acceptors (Lipinski definition) is 2. The predicted molar refractivity (Wildman–Crippen MR) is 80.5 cm³/mol. The second kappa shape index (κ2) is 5.54. The second-order valence-corrected chi connectivity index (χ2v) is 5.72. The molecule has 100 valence electrons. The molecule has 0 radical (unpaired) electrons. The van der Waals surface area contributed by atoms with Crippen molar-refractivity contribution in [1.82, 2.24) is 5.32 Å². The number of hydrogen-bond donors (Lipinski definition) is 1. The van der Waals surface area contributed by atoms with E-state index in [2.05, 4.69) is 61.6 Å². The molecular weight excluding hydrogens is 234 g/mol. The van der Waals surface area contributed by atoms with Crippen LogP contribution < -0.4 is 5.32 Å². The molecule has 0 bridgehead atoms. The van der Waals surface area contributed by atoms with Crippen molar-refractivity contribution in [3.63, 3.8) is 0 Å². The Bertz CT molecular complexity index is 581. The van der Waals surface area contributed by atoms with Crippen LogP contribution in [0, 0.1) is 0 Å². The lowest BCUT2D eigenvalue weighted by molar-refractivity contribution is -0.116. The quantitative estimate of drug-likeness (QED) is 0.888. The first-order chi connectivity index (χ1) is 9.00. The van der Waals surface area contributed by atoms with Crippen LogP contribution in [0.2, 0.25) is 0 Å². The van der Waals surface area contributed by atoms with Gasteiger partial charge in [0.2, 0.25) is 0 Å². The number of benzene rings is 2. The van der Waals surface area contributed by atoms with E-state index in [-0.39, 0.29) is 11.2 Å². The molecule has 2 nitrogen and oxygen atoms in total. The van der Waals surface area contributed by atoms with Gasteiger partial charge in [0.15, 0.2) is 0 Å². The lowest BCUT2D eigenvalue weighted by Gasteiger charge is -2.27. The van der Waals surface area contributed by atoms with Gasteiger partial charge in [-0.1, -0.05) is 56.3 Å². The van der Waals surface area contributed by atoms with Crippen molar-refractivity contribution in [2.75, 3.05) is 13.1 Å². The number of fused-ring (bicyclic) bond motifs is 1. The first-order valence-corrected chi connectivity index (χ1v) is 6.69. The van der Waals surface area contributed by atoms with Crippen molar-refractivity contribution >= 4 is 16.6 Å². The molecular formula is C17H21NO. The molecule has 0 atom stereocenters. The third-order valence-electron chi connectivity index (χ3n) is 3.46. The molecule has 0 aliphatic rings. The molecule has 0 fully saturated rings. The molecule has 2 aromatic carbocycles. The maximum atomic E-state index is 11.0. The van der Waals surface area contributed by atoms with Crippen molar-refractivity contribution in [3.8, 4) is 0 Å². The molecule has 2 heteroatoms. The van der Waals surface area contributed by atoms with E-state index in [1.54, 1.807) is 6.92 Å². The molecule has 0 saturated heterocycles. The first kappa shape index (κ1) is 13.8. The minimum Gasteiger partial charge on any atom is -0.309 e. The monoisotopic (exact) mass is 255 g/mol. The molecule has 0 saturated carbocycles. The van der Waals surface area contributed by atoms with E-state index in [4.69, 9.17) is 0 Å². The van der Waals surface area contributed by atoms with E-state index in [9.17, 15) is 4.79 Å². The van der Waals surface area contributed by atoms with Crippen molar-refractivity contribution in [1.29, 1.82) is 0 Å². The zero-order chi connectivity index (χ0) is 13.9. The molecule has 0 heterocycles. The molecule has 0 amide bonds. The van der Waals surface area contributed by atoms with Gasteiger partial charge in [-0.3, -0.25) is 4.79 Å². The summed E-state index contributed by atoms with van der Waals surface area (Å²) in [5.74, 6) is 0.175. The van der Waals surface area contributed by atoms with Crippen molar-refractivity contribution in [2.45, 2.75) is 26.2 Å². The van der Waals surface area contributed by atoms with Crippen LogP contribution in [0.5, 0.6) is 0 Å². The summed E-state index contributed by atoms with van der Waals surface area (Å²) in [6, 6.07) is 14.9. The fourth-order valence-corrected chi connectivity index (χ4v) is 2.46. The number of Topliss-reactive ketones (excluding diaryl/α,β-unsaturated/α-hetero) is 1. The molecule has 0 aliphatic carbocycles. The summed E-state index contributed by atoms with van der Waals surface area (Å²) in [4.78, 5) is 11.0. The van der Waals surface area contributed by atoms with E-state index in [0.29, 0.717) is 6.54 Å². The number of ketones is 1. The van der Waals surface area contributed by atoms with Gasteiger partial charge in [-0.2, -0.15) is 0 Å². The normalized spacial score (nSPS) is 11.7. The molecule has 0 aliphatic heterocycles. The summed E-state index contributed by atoms with van der Waals surface area (Å²) in [5.41, 5.74) is 1.32. The van der Waals surface area contributed by atoms with Gasteiger partial charge in [0.05, 0.1) is 6.54 Å². The van der Waals surface area contributed by atoms with Gasteiger partial charge in [-0.05, 0) is 23.3 Å². The Kier molecular flexibility index (Phi) is 4.01.